The van der Waals surface area contributed by atoms with Crippen LogP contribution in [0, 0.1) is 5.92 Å². The zero-order valence-corrected chi connectivity index (χ0v) is 21.5. The third kappa shape index (κ3) is 5.16. The quantitative estimate of drug-likeness (QED) is 0.251. The number of aryl methyl sites for hydroxylation is 1. The number of imidazole rings is 2. The van der Waals surface area contributed by atoms with Gasteiger partial charge in [-0.3, -0.25) is 4.57 Å². The smallest absolute Gasteiger partial charge is 0.406 e. The number of aromatic amines is 1. The number of likely N-dealkylation sites (N-methyl/N-ethyl adjacent to an activating group) is 1. The normalized spacial score (nSPS) is 27.1. The molecule has 1 saturated carbocycles. The molecule has 0 amide bonds. The molecule has 1 aromatic carbocycles. The van der Waals surface area contributed by atoms with Gasteiger partial charge in [-0.15, -0.1) is 13.2 Å². The fraction of sp³-hybridized carbons (Fsp3) is 0.520. The number of ether oxygens (including phenoxy) is 2. The second-order valence-corrected chi connectivity index (χ2v) is 10.5. The third-order valence-corrected chi connectivity index (χ3v) is 7.83. The van der Waals surface area contributed by atoms with Crippen molar-refractivity contribution in [1.82, 2.24) is 34.4 Å². The summed E-state index contributed by atoms with van der Waals surface area (Å²) >= 11 is 0. The molecule has 0 unspecified atom stereocenters. The van der Waals surface area contributed by atoms with Crippen molar-refractivity contribution < 1.29 is 32.9 Å². The summed E-state index contributed by atoms with van der Waals surface area (Å²) in [6.07, 6.45) is -2.22. The summed E-state index contributed by atoms with van der Waals surface area (Å²) < 4.78 is 49.0. The molecular formula is C25H29F3N8O4. The van der Waals surface area contributed by atoms with E-state index in [0.717, 1.165) is 25.1 Å². The Bertz CT molecular complexity index is 1500. The number of fused-ring (bicyclic) bond motifs is 2. The van der Waals surface area contributed by atoms with E-state index >= 15 is 0 Å². The van der Waals surface area contributed by atoms with E-state index in [2.05, 4.69) is 34.6 Å². The maximum atomic E-state index is 12.5. The van der Waals surface area contributed by atoms with E-state index in [1.807, 2.05) is 7.05 Å². The van der Waals surface area contributed by atoms with Crippen LogP contribution in [0.5, 0.6) is 5.75 Å². The molecule has 4 heterocycles. The van der Waals surface area contributed by atoms with Gasteiger partial charge in [0.15, 0.2) is 17.7 Å². The second kappa shape index (κ2) is 10.1. The Balaban J connectivity index is 0.999. The Morgan fingerprint density at radius 2 is 2.00 bits per heavy atom. The molecule has 12 nitrogen and oxygen atoms in total. The maximum absolute atomic E-state index is 12.5. The summed E-state index contributed by atoms with van der Waals surface area (Å²) in [6, 6.07) is 4.37. The number of hydrogen-bond donors (Lipinski definition) is 4. The molecule has 1 aliphatic carbocycles. The number of alkyl halides is 3. The highest BCUT2D eigenvalue weighted by Crippen LogP contribution is 2.37. The van der Waals surface area contributed by atoms with E-state index in [0.29, 0.717) is 47.1 Å². The first kappa shape index (κ1) is 26.7. The van der Waals surface area contributed by atoms with Crippen LogP contribution in [0.3, 0.4) is 0 Å². The van der Waals surface area contributed by atoms with Gasteiger partial charge < -0.3 is 35.3 Å². The molecule has 15 heteroatoms. The Morgan fingerprint density at radius 1 is 1.20 bits per heavy atom. The maximum Gasteiger partial charge on any atom is 0.573 e. The SMILES string of the molecule is CN(C[C@H]1O[C@@H](n2cnc3c(N)ncnc32)[C@H](O)[C@@H]1O)C1CC(CCc2nc3cc(OC(F)(F)F)ccc3[nH]2)C1. The van der Waals surface area contributed by atoms with Crippen molar-refractivity contribution in [3.63, 3.8) is 0 Å². The van der Waals surface area contributed by atoms with E-state index in [1.165, 1.54) is 30.9 Å². The van der Waals surface area contributed by atoms with Gasteiger partial charge in [0, 0.05) is 25.1 Å². The van der Waals surface area contributed by atoms with Gasteiger partial charge >= 0.3 is 6.36 Å². The number of rotatable bonds is 8. The lowest BCUT2D eigenvalue weighted by atomic mass is 9.76. The van der Waals surface area contributed by atoms with Crippen molar-refractivity contribution in [1.29, 1.82) is 0 Å². The first-order valence-electron chi connectivity index (χ1n) is 12.9. The fourth-order valence-corrected chi connectivity index (χ4v) is 5.59. The van der Waals surface area contributed by atoms with Gasteiger partial charge in [-0.25, -0.2) is 19.9 Å². The molecule has 0 radical (unpaired) electrons. The average Bonchev–Trinajstić information content (AvgIpc) is 3.54. The Morgan fingerprint density at radius 3 is 2.77 bits per heavy atom. The summed E-state index contributed by atoms with van der Waals surface area (Å²) in [4.78, 5) is 22.0. The van der Waals surface area contributed by atoms with E-state index < -0.39 is 30.9 Å². The zero-order chi connectivity index (χ0) is 28.2. The van der Waals surface area contributed by atoms with E-state index in [4.69, 9.17) is 10.5 Å². The minimum Gasteiger partial charge on any atom is -0.406 e. The van der Waals surface area contributed by atoms with Gasteiger partial charge in [0.25, 0.3) is 0 Å². The average molecular weight is 563 g/mol. The van der Waals surface area contributed by atoms with Crippen molar-refractivity contribution in [2.45, 2.75) is 62.6 Å². The molecule has 1 saturated heterocycles. The number of nitrogen functional groups attached to an aromatic ring is 1. The Kier molecular flexibility index (Phi) is 6.76. The number of nitrogens with two attached hydrogens (primary N) is 1. The minimum atomic E-state index is -4.75. The van der Waals surface area contributed by atoms with Crippen LogP contribution in [-0.4, -0.2) is 88.9 Å². The Labute approximate surface area is 226 Å². The predicted molar refractivity (Wildman–Crippen MR) is 136 cm³/mol. The van der Waals surface area contributed by atoms with Crippen molar-refractivity contribution in [3.8, 4) is 5.75 Å². The van der Waals surface area contributed by atoms with Gasteiger partial charge in [-0.05, 0) is 44.4 Å². The van der Waals surface area contributed by atoms with Crippen LogP contribution in [0.2, 0.25) is 0 Å². The standard InChI is InChI=1S/C25H29F3N8O4/c1-35(9-17-20(37)21(38)24(39-17)36-11-32-19-22(29)30-10-31-23(19)36)13-6-12(7-13)2-5-18-33-15-4-3-14(8-16(15)34-18)40-25(26,27)28/h3-4,8,10-13,17,20-21,24,37-38H,2,5-7,9H2,1H3,(H,33,34)(H2,29,30,31)/t12?,13?,17-,20-,21-,24-/m1/s1. The van der Waals surface area contributed by atoms with E-state index in [-0.39, 0.29) is 11.6 Å². The second-order valence-electron chi connectivity index (χ2n) is 10.5. The monoisotopic (exact) mass is 562 g/mol. The summed E-state index contributed by atoms with van der Waals surface area (Å²) in [5.74, 6) is 1.12. The number of benzene rings is 1. The molecule has 2 fully saturated rings. The number of nitrogens with one attached hydrogen (secondary N) is 1. The number of aliphatic hydroxyl groups excluding tert-OH is 2. The van der Waals surface area contributed by atoms with Gasteiger partial charge in [0.05, 0.1) is 17.4 Å². The van der Waals surface area contributed by atoms with Crippen LogP contribution >= 0.6 is 0 Å². The molecule has 1 aliphatic heterocycles. The largest absolute Gasteiger partial charge is 0.573 e. The lowest BCUT2D eigenvalue weighted by Crippen LogP contribution is -2.47. The Hall–Kier alpha value is -3.53. The number of hydrogen-bond acceptors (Lipinski definition) is 10. The number of nitrogens with zero attached hydrogens (tertiary/aromatic N) is 6. The number of aliphatic hydroxyl groups is 2. The van der Waals surface area contributed by atoms with Crippen molar-refractivity contribution in [2.24, 2.45) is 5.92 Å². The summed E-state index contributed by atoms with van der Waals surface area (Å²) in [5.41, 5.74) is 7.76. The van der Waals surface area contributed by atoms with Crippen LogP contribution in [0.15, 0.2) is 30.9 Å². The van der Waals surface area contributed by atoms with Crippen LogP contribution in [0.1, 0.15) is 31.3 Å². The molecular weight excluding hydrogens is 533 g/mol. The number of aromatic nitrogens is 6. The molecule has 6 rings (SSSR count). The molecule has 4 aromatic rings. The third-order valence-electron chi connectivity index (χ3n) is 7.83. The van der Waals surface area contributed by atoms with Gasteiger partial charge in [0.1, 0.15) is 41.7 Å². The lowest BCUT2D eigenvalue weighted by molar-refractivity contribution is -0.274. The topological polar surface area (TPSA) is 160 Å². The molecule has 40 heavy (non-hydrogen) atoms. The van der Waals surface area contributed by atoms with Gasteiger partial charge in [-0.1, -0.05) is 0 Å². The summed E-state index contributed by atoms with van der Waals surface area (Å²) in [5, 5.41) is 21.4. The van der Waals surface area contributed by atoms with E-state index in [9.17, 15) is 23.4 Å². The highest BCUT2D eigenvalue weighted by molar-refractivity contribution is 5.81. The minimum absolute atomic E-state index is 0.220. The van der Waals surface area contributed by atoms with Gasteiger partial charge in [0.2, 0.25) is 0 Å². The van der Waals surface area contributed by atoms with Crippen LogP contribution < -0.4 is 10.5 Å². The highest BCUT2D eigenvalue weighted by atomic mass is 19.4. The van der Waals surface area contributed by atoms with Crippen LogP contribution in [0.4, 0.5) is 19.0 Å². The van der Waals surface area contributed by atoms with E-state index in [1.54, 1.807) is 4.57 Å². The molecule has 0 bridgehead atoms. The van der Waals surface area contributed by atoms with Crippen molar-refractivity contribution in [2.75, 3.05) is 19.3 Å². The first-order chi connectivity index (χ1) is 19.1. The van der Waals surface area contributed by atoms with Crippen molar-refractivity contribution >= 4 is 28.0 Å². The van der Waals surface area contributed by atoms with Crippen LogP contribution in [0.25, 0.3) is 22.2 Å². The molecule has 4 atom stereocenters. The molecule has 2 aliphatic rings. The van der Waals surface area contributed by atoms with Crippen LogP contribution in [-0.2, 0) is 11.2 Å². The number of H-pyrrole nitrogens is 1. The van der Waals surface area contributed by atoms with Gasteiger partial charge in [-0.2, -0.15) is 0 Å². The molecule has 214 valence electrons. The van der Waals surface area contributed by atoms with Crippen molar-refractivity contribution in [3.05, 3.63) is 36.7 Å². The number of halogens is 3. The summed E-state index contributed by atoms with van der Waals surface area (Å²) in [7, 11) is 1.97. The zero-order valence-electron chi connectivity index (χ0n) is 21.5. The highest BCUT2D eigenvalue weighted by Gasteiger charge is 2.45. The molecule has 5 N–H and O–H groups in total. The molecule has 3 aromatic heterocycles. The fourth-order valence-electron chi connectivity index (χ4n) is 5.59. The first-order valence-corrected chi connectivity index (χ1v) is 12.9. The lowest BCUT2D eigenvalue weighted by Gasteiger charge is -2.42. The molecule has 0 spiro atoms. The number of anilines is 1. The summed E-state index contributed by atoms with van der Waals surface area (Å²) in [6.45, 7) is 0.432. The predicted octanol–water partition coefficient (Wildman–Crippen LogP) is 2.15.